The molecule has 4 aliphatic rings. The smallest absolute Gasteiger partial charge is 0.464 e. The van der Waals surface area contributed by atoms with E-state index in [1.54, 1.807) is 5.48 Å². The zero-order chi connectivity index (χ0) is 15.1. The largest absolute Gasteiger partial charge is 0.538 e. The van der Waals surface area contributed by atoms with Crippen LogP contribution in [0.5, 0.6) is 0 Å². The first kappa shape index (κ1) is 15.1. The molecule has 120 valence electrons. The van der Waals surface area contributed by atoms with E-state index in [1.807, 2.05) is 0 Å². The molecular weight excluding hydrogens is 287 g/mol. The van der Waals surface area contributed by atoms with Gasteiger partial charge in [0.2, 0.25) is 0 Å². The van der Waals surface area contributed by atoms with Crippen molar-refractivity contribution >= 4 is 5.97 Å². The summed E-state index contributed by atoms with van der Waals surface area (Å²) in [5, 5.41) is 0. The predicted octanol–water partition coefficient (Wildman–Crippen LogP) is 2.79. The fourth-order valence-electron chi connectivity index (χ4n) is 4.83. The first-order chi connectivity index (χ1) is 9.86. The maximum absolute atomic E-state index is 12.3. The molecule has 0 saturated heterocycles. The lowest BCUT2D eigenvalue weighted by Crippen LogP contribution is -2.50. The molecular formula is C14H20F3NO3. The average Bonchev–Trinajstić information content (AvgIpc) is 2.35. The standard InChI is InChI=1S/C14H20F3NO3/c15-14(16,17)21-18-1-2-20-12(19)13-6-9-3-10(7-13)5-11(4-9)8-13/h9-11,18H,1-8H2. The molecule has 0 spiro atoms. The molecule has 0 heterocycles. The highest BCUT2D eigenvalue weighted by atomic mass is 19.4. The number of alkyl halides is 3. The number of rotatable bonds is 5. The Balaban J connectivity index is 1.45. The minimum absolute atomic E-state index is 0.101. The summed E-state index contributed by atoms with van der Waals surface area (Å²) in [4.78, 5) is 15.8. The van der Waals surface area contributed by atoms with Gasteiger partial charge in [-0.15, -0.1) is 13.2 Å². The Morgan fingerprint density at radius 1 is 1.10 bits per heavy atom. The van der Waals surface area contributed by atoms with Gasteiger partial charge in [0, 0.05) is 0 Å². The van der Waals surface area contributed by atoms with E-state index in [-0.39, 0.29) is 24.5 Å². The van der Waals surface area contributed by atoms with E-state index in [1.165, 1.54) is 19.3 Å². The van der Waals surface area contributed by atoms with E-state index in [4.69, 9.17) is 4.74 Å². The van der Waals surface area contributed by atoms with Crippen molar-refractivity contribution < 1.29 is 27.5 Å². The molecule has 0 radical (unpaired) electrons. The third-order valence-corrected chi connectivity index (χ3v) is 5.10. The van der Waals surface area contributed by atoms with Crippen molar-refractivity contribution in [3.63, 3.8) is 0 Å². The molecule has 0 aliphatic heterocycles. The van der Waals surface area contributed by atoms with Crippen molar-refractivity contribution in [1.82, 2.24) is 5.48 Å². The van der Waals surface area contributed by atoms with Gasteiger partial charge in [0.15, 0.2) is 0 Å². The molecule has 0 aromatic heterocycles. The summed E-state index contributed by atoms with van der Waals surface area (Å²) in [7, 11) is 0. The maximum atomic E-state index is 12.3. The molecule has 0 aromatic carbocycles. The predicted molar refractivity (Wildman–Crippen MR) is 66.7 cm³/mol. The number of carbonyl (C=O) groups excluding carboxylic acids is 1. The SMILES string of the molecule is O=C(OCCNOC(F)(F)F)C12CC3CC(CC(C3)C1)C2. The van der Waals surface area contributed by atoms with Crippen molar-refractivity contribution in [1.29, 1.82) is 0 Å². The number of hydrogen-bond acceptors (Lipinski definition) is 4. The van der Waals surface area contributed by atoms with Crippen LogP contribution in [0.4, 0.5) is 13.2 Å². The Morgan fingerprint density at radius 3 is 2.10 bits per heavy atom. The van der Waals surface area contributed by atoms with Crippen LogP contribution in [-0.2, 0) is 14.4 Å². The molecule has 0 amide bonds. The van der Waals surface area contributed by atoms with E-state index in [0.29, 0.717) is 17.8 Å². The van der Waals surface area contributed by atoms with E-state index < -0.39 is 6.36 Å². The number of hydrogen-bond donors (Lipinski definition) is 1. The normalized spacial score (nSPS) is 37.8. The van der Waals surface area contributed by atoms with Crippen LogP contribution in [0.1, 0.15) is 38.5 Å². The van der Waals surface area contributed by atoms with E-state index >= 15 is 0 Å². The Morgan fingerprint density at radius 2 is 1.62 bits per heavy atom. The molecule has 21 heavy (non-hydrogen) atoms. The number of esters is 1. The fourth-order valence-corrected chi connectivity index (χ4v) is 4.83. The molecule has 0 atom stereocenters. The van der Waals surface area contributed by atoms with Gasteiger partial charge in [0.1, 0.15) is 6.61 Å². The summed E-state index contributed by atoms with van der Waals surface area (Å²) in [6, 6.07) is 0. The van der Waals surface area contributed by atoms with Crippen molar-refractivity contribution in [2.45, 2.75) is 44.9 Å². The van der Waals surface area contributed by atoms with E-state index in [2.05, 4.69) is 4.84 Å². The summed E-state index contributed by atoms with van der Waals surface area (Å²) in [5.74, 6) is 1.68. The molecule has 0 aromatic rings. The first-order valence-electron chi connectivity index (χ1n) is 7.51. The molecule has 4 rings (SSSR count). The van der Waals surface area contributed by atoms with Crippen molar-refractivity contribution in [2.75, 3.05) is 13.2 Å². The molecule has 7 heteroatoms. The highest BCUT2D eigenvalue weighted by Crippen LogP contribution is 2.60. The lowest BCUT2D eigenvalue weighted by molar-refractivity contribution is -0.350. The van der Waals surface area contributed by atoms with E-state index in [9.17, 15) is 18.0 Å². The molecule has 4 aliphatic carbocycles. The lowest BCUT2D eigenvalue weighted by Gasteiger charge is -2.55. The summed E-state index contributed by atoms with van der Waals surface area (Å²) in [5.41, 5.74) is 1.39. The average molecular weight is 307 g/mol. The van der Waals surface area contributed by atoms with Gasteiger partial charge in [-0.05, 0) is 56.3 Å². The van der Waals surface area contributed by atoms with Crippen LogP contribution >= 0.6 is 0 Å². The summed E-state index contributed by atoms with van der Waals surface area (Å²) in [6.07, 6.45) is 1.65. The van der Waals surface area contributed by atoms with Gasteiger partial charge in [-0.3, -0.25) is 4.79 Å². The van der Waals surface area contributed by atoms with Gasteiger partial charge in [0.05, 0.1) is 12.0 Å². The third-order valence-electron chi connectivity index (χ3n) is 5.10. The Hall–Kier alpha value is -0.820. The van der Waals surface area contributed by atoms with Gasteiger partial charge in [-0.25, -0.2) is 4.84 Å². The quantitative estimate of drug-likeness (QED) is 0.482. The minimum atomic E-state index is -4.72. The second-order valence-corrected chi connectivity index (χ2v) is 6.78. The highest BCUT2D eigenvalue weighted by Gasteiger charge is 2.55. The summed E-state index contributed by atoms with van der Waals surface area (Å²) < 4.78 is 40.5. The first-order valence-corrected chi connectivity index (χ1v) is 7.51. The van der Waals surface area contributed by atoms with Crippen LogP contribution in [-0.4, -0.2) is 25.5 Å². The summed E-state index contributed by atoms with van der Waals surface area (Å²) >= 11 is 0. The molecule has 4 fully saturated rings. The van der Waals surface area contributed by atoms with Crippen molar-refractivity contribution in [3.8, 4) is 0 Å². The number of hydroxylamine groups is 1. The number of halogens is 3. The minimum Gasteiger partial charge on any atom is -0.464 e. The zero-order valence-corrected chi connectivity index (χ0v) is 11.7. The topological polar surface area (TPSA) is 47.6 Å². The Kier molecular flexibility index (Phi) is 3.90. The molecule has 1 N–H and O–H groups in total. The number of carbonyl (C=O) groups is 1. The van der Waals surface area contributed by atoms with Gasteiger partial charge < -0.3 is 4.74 Å². The van der Waals surface area contributed by atoms with Gasteiger partial charge in [-0.2, -0.15) is 5.48 Å². The molecule has 4 saturated carbocycles. The van der Waals surface area contributed by atoms with Crippen molar-refractivity contribution in [2.24, 2.45) is 23.2 Å². The third kappa shape index (κ3) is 3.34. The fraction of sp³-hybridized carbons (Fsp3) is 0.929. The highest BCUT2D eigenvalue weighted by molar-refractivity contribution is 5.77. The van der Waals surface area contributed by atoms with Gasteiger partial charge in [0.25, 0.3) is 0 Å². The summed E-state index contributed by atoms with van der Waals surface area (Å²) in [6.45, 7) is -0.270. The molecule has 4 nitrogen and oxygen atoms in total. The molecule has 4 bridgehead atoms. The van der Waals surface area contributed by atoms with Crippen LogP contribution in [0.25, 0.3) is 0 Å². The van der Waals surface area contributed by atoms with Crippen LogP contribution in [0.2, 0.25) is 0 Å². The van der Waals surface area contributed by atoms with Crippen LogP contribution in [0, 0.1) is 23.2 Å². The number of ether oxygens (including phenoxy) is 1. The van der Waals surface area contributed by atoms with Gasteiger partial charge >= 0.3 is 12.3 Å². The van der Waals surface area contributed by atoms with E-state index in [0.717, 1.165) is 19.3 Å². The Bertz CT molecular complexity index is 375. The van der Waals surface area contributed by atoms with Crippen LogP contribution in [0.3, 0.4) is 0 Å². The molecule has 0 unspecified atom stereocenters. The lowest BCUT2D eigenvalue weighted by atomic mass is 9.49. The van der Waals surface area contributed by atoms with Crippen molar-refractivity contribution in [3.05, 3.63) is 0 Å². The van der Waals surface area contributed by atoms with Gasteiger partial charge in [-0.1, -0.05) is 0 Å². The second kappa shape index (κ2) is 5.43. The zero-order valence-electron chi connectivity index (χ0n) is 11.7. The number of nitrogens with one attached hydrogen (secondary N) is 1. The second-order valence-electron chi connectivity index (χ2n) is 6.78. The van der Waals surface area contributed by atoms with Crippen LogP contribution in [0.15, 0.2) is 0 Å². The Labute approximate surface area is 121 Å². The monoisotopic (exact) mass is 307 g/mol. The maximum Gasteiger partial charge on any atom is 0.538 e. The van der Waals surface area contributed by atoms with Crippen LogP contribution < -0.4 is 5.48 Å².